The highest BCUT2D eigenvalue weighted by Gasteiger charge is 2.04. The van der Waals surface area contributed by atoms with E-state index in [2.05, 4.69) is 18.8 Å². The van der Waals surface area contributed by atoms with Crippen LogP contribution < -0.4 is 5.73 Å². The first kappa shape index (κ1) is 20.6. The lowest BCUT2D eigenvalue weighted by Gasteiger charge is -2.19. The highest BCUT2D eigenvalue weighted by atomic mass is 127. The van der Waals surface area contributed by atoms with Crippen molar-refractivity contribution < 1.29 is 4.92 Å². The average Bonchev–Trinajstić information content (AvgIpc) is 2.48. The van der Waals surface area contributed by atoms with Crippen molar-refractivity contribution in [3.63, 3.8) is 0 Å². The molecule has 124 valence electrons. The second kappa shape index (κ2) is 11.2. The Bertz CT molecular complexity index is 473. The van der Waals surface area contributed by atoms with E-state index in [0.717, 1.165) is 44.5 Å². The molecule has 6 nitrogen and oxygen atoms in total. The molecule has 0 aromatic heterocycles. The summed E-state index contributed by atoms with van der Waals surface area (Å²) in [5, 5.41) is 10.6. The van der Waals surface area contributed by atoms with Crippen LogP contribution >= 0.6 is 24.0 Å². The number of guanidine groups is 1. The van der Waals surface area contributed by atoms with Crippen molar-refractivity contribution in [3.8, 4) is 0 Å². The SMILES string of the molecule is CCN(CC)C(N)=NCCCCc1ccc([N+](=O)[O-])cc1.I. The molecule has 1 rings (SSSR count). The number of nitro groups is 1. The van der Waals surface area contributed by atoms with Crippen LogP contribution in [-0.4, -0.2) is 35.4 Å². The molecule has 0 unspecified atom stereocenters. The van der Waals surface area contributed by atoms with Gasteiger partial charge < -0.3 is 10.6 Å². The molecule has 0 saturated carbocycles. The Hall–Kier alpha value is -1.38. The first-order valence-electron chi connectivity index (χ1n) is 7.36. The summed E-state index contributed by atoms with van der Waals surface area (Å²) in [6, 6.07) is 6.72. The van der Waals surface area contributed by atoms with Gasteiger partial charge in [-0.25, -0.2) is 0 Å². The van der Waals surface area contributed by atoms with E-state index < -0.39 is 0 Å². The molecule has 0 aliphatic heterocycles. The molecule has 0 heterocycles. The van der Waals surface area contributed by atoms with E-state index in [-0.39, 0.29) is 34.6 Å². The van der Waals surface area contributed by atoms with Crippen molar-refractivity contribution in [2.24, 2.45) is 10.7 Å². The summed E-state index contributed by atoms with van der Waals surface area (Å²) >= 11 is 0. The van der Waals surface area contributed by atoms with Gasteiger partial charge in [-0.15, -0.1) is 24.0 Å². The van der Waals surface area contributed by atoms with Crippen LogP contribution in [0.1, 0.15) is 32.3 Å². The van der Waals surface area contributed by atoms with Gasteiger partial charge in [0.25, 0.3) is 5.69 Å². The van der Waals surface area contributed by atoms with Crippen molar-refractivity contribution in [3.05, 3.63) is 39.9 Å². The highest BCUT2D eigenvalue weighted by molar-refractivity contribution is 14.0. The molecule has 2 N–H and O–H groups in total. The van der Waals surface area contributed by atoms with Crippen molar-refractivity contribution in [1.29, 1.82) is 0 Å². The predicted molar refractivity (Wildman–Crippen MR) is 101 cm³/mol. The average molecular weight is 420 g/mol. The summed E-state index contributed by atoms with van der Waals surface area (Å²) in [5.41, 5.74) is 7.14. The standard InChI is InChI=1S/C15H24N4O2.HI/c1-3-18(4-2)15(16)17-12-6-5-7-13-8-10-14(11-9-13)19(20)21;/h8-11H,3-7,12H2,1-2H3,(H2,16,17);1H. The largest absolute Gasteiger partial charge is 0.370 e. The Morgan fingerprint density at radius 1 is 1.23 bits per heavy atom. The van der Waals surface area contributed by atoms with Crippen LogP contribution in [0, 0.1) is 10.1 Å². The van der Waals surface area contributed by atoms with E-state index >= 15 is 0 Å². The summed E-state index contributed by atoms with van der Waals surface area (Å²) in [6.45, 7) is 6.57. The molecule has 1 aromatic rings. The molecule has 22 heavy (non-hydrogen) atoms. The first-order chi connectivity index (χ1) is 10.1. The third-order valence-electron chi connectivity index (χ3n) is 3.38. The number of unbranched alkanes of at least 4 members (excludes halogenated alkanes) is 1. The fourth-order valence-electron chi connectivity index (χ4n) is 2.07. The molecule has 0 spiro atoms. The molecular formula is C15H25IN4O2. The lowest BCUT2D eigenvalue weighted by Crippen LogP contribution is -2.37. The van der Waals surface area contributed by atoms with Crippen LogP contribution in [-0.2, 0) is 6.42 Å². The molecule has 0 fully saturated rings. The minimum absolute atomic E-state index is 0. The van der Waals surface area contributed by atoms with Gasteiger partial charge in [-0.05, 0) is 38.7 Å². The van der Waals surface area contributed by atoms with Gasteiger partial charge >= 0.3 is 0 Å². The Morgan fingerprint density at radius 3 is 2.32 bits per heavy atom. The Labute approximate surface area is 149 Å². The number of halogens is 1. The topological polar surface area (TPSA) is 84.8 Å². The van der Waals surface area contributed by atoms with Gasteiger partial charge in [-0.3, -0.25) is 15.1 Å². The number of non-ortho nitro benzene ring substituents is 1. The van der Waals surface area contributed by atoms with Crippen LogP contribution in [0.25, 0.3) is 0 Å². The number of nitrogens with zero attached hydrogens (tertiary/aromatic N) is 3. The van der Waals surface area contributed by atoms with Gasteiger partial charge in [-0.2, -0.15) is 0 Å². The number of rotatable bonds is 8. The van der Waals surface area contributed by atoms with Crippen molar-refractivity contribution >= 4 is 35.6 Å². The van der Waals surface area contributed by atoms with Crippen LogP contribution in [0.5, 0.6) is 0 Å². The maximum Gasteiger partial charge on any atom is 0.269 e. The second-order valence-corrected chi connectivity index (χ2v) is 4.79. The van der Waals surface area contributed by atoms with Crippen molar-refractivity contribution in [1.82, 2.24) is 4.90 Å². The lowest BCUT2D eigenvalue weighted by atomic mass is 10.1. The first-order valence-corrected chi connectivity index (χ1v) is 7.36. The maximum absolute atomic E-state index is 10.6. The van der Waals surface area contributed by atoms with E-state index in [1.54, 1.807) is 12.1 Å². The summed E-state index contributed by atoms with van der Waals surface area (Å²) in [7, 11) is 0. The number of hydrogen-bond acceptors (Lipinski definition) is 3. The van der Waals surface area contributed by atoms with Crippen molar-refractivity contribution in [2.75, 3.05) is 19.6 Å². The third kappa shape index (κ3) is 7.06. The number of nitrogens with two attached hydrogens (primary N) is 1. The van der Waals surface area contributed by atoms with Crippen molar-refractivity contribution in [2.45, 2.75) is 33.1 Å². The van der Waals surface area contributed by atoms with Gasteiger partial charge in [-0.1, -0.05) is 12.1 Å². The zero-order valence-corrected chi connectivity index (χ0v) is 15.5. The summed E-state index contributed by atoms with van der Waals surface area (Å²) in [6.07, 6.45) is 2.85. The number of nitro benzene ring substituents is 1. The van der Waals surface area contributed by atoms with Crippen LogP contribution in [0.4, 0.5) is 5.69 Å². The van der Waals surface area contributed by atoms with Gasteiger partial charge in [0, 0.05) is 31.8 Å². The van der Waals surface area contributed by atoms with Crippen LogP contribution in [0.3, 0.4) is 0 Å². The highest BCUT2D eigenvalue weighted by Crippen LogP contribution is 2.13. The molecular weight excluding hydrogens is 395 g/mol. The Balaban J connectivity index is 0.00000441. The fourth-order valence-corrected chi connectivity index (χ4v) is 2.07. The summed E-state index contributed by atoms with van der Waals surface area (Å²) in [5.74, 6) is 0.607. The quantitative estimate of drug-likeness (QED) is 0.175. The van der Waals surface area contributed by atoms with Crippen LogP contribution in [0.15, 0.2) is 29.3 Å². The minimum atomic E-state index is -0.380. The van der Waals surface area contributed by atoms with Crippen LogP contribution in [0.2, 0.25) is 0 Å². The number of aliphatic imine (C=N–C) groups is 1. The van der Waals surface area contributed by atoms with Gasteiger partial charge in [0.15, 0.2) is 5.96 Å². The smallest absolute Gasteiger partial charge is 0.269 e. The Morgan fingerprint density at radius 2 is 1.82 bits per heavy atom. The zero-order valence-electron chi connectivity index (χ0n) is 13.2. The van der Waals surface area contributed by atoms with E-state index in [1.807, 2.05) is 17.0 Å². The molecule has 0 aliphatic rings. The zero-order chi connectivity index (χ0) is 15.7. The summed E-state index contributed by atoms with van der Waals surface area (Å²) in [4.78, 5) is 16.6. The van der Waals surface area contributed by atoms with E-state index in [0.29, 0.717) is 5.96 Å². The number of aryl methyl sites for hydroxylation is 1. The molecule has 0 bridgehead atoms. The van der Waals surface area contributed by atoms with E-state index in [4.69, 9.17) is 5.73 Å². The molecule has 0 aliphatic carbocycles. The number of hydrogen-bond donors (Lipinski definition) is 1. The molecule has 0 saturated heterocycles. The third-order valence-corrected chi connectivity index (χ3v) is 3.38. The van der Waals surface area contributed by atoms with E-state index in [9.17, 15) is 10.1 Å². The Kier molecular flexibility index (Phi) is 10.5. The maximum atomic E-state index is 10.6. The lowest BCUT2D eigenvalue weighted by molar-refractivity contribution is -0.384. The molecule has 0 amide bonds. The fraction of sp³-hybridized carbons (Fsp3) is 0.533. The molecule has 7 heteroatoms. The molecule has 0 atom stereocenters. The monoisotopic (exact) mass is 420 g/mol. The minimum Gasteiger partial charge on any atom is -0.370 e. The van der Waals surface area contributed by atoms with Gasteiger partial charge in [0.1, 0.15) is 0 Å². The second-order valence-electron chi connectivity index (χ2n) is 4.79. The molecule has 1 aromatic carbocycles. The number of benzene rings is 1. The molecule has 0 radical (unpaired) electrons. The summed E-state index contributed by atoms with van der Waals surface area (Å²) < 4.78 is 0. The predicted octanol–water partition coefficient (Wildman–Crippen LogP) is 3.19. The van der Waals surface area contributed by atoms with E-state index in [1.165, 1.54) is 0 Å². The normalized spacial score (nSPS) is 10.9. The van der Waals surface area contributed by atoms with Gasteiger partial charge in [0.2, 0.25) is 0 Å². The van der Waals surface area contributed by atoms with Gasteiger partial charge in [0.05, 0.1) is 4.92 Å².